The highest BCUT2D eigenvalue weighted by Gasteiger charge is 2.52. The third kappa shape index (κ3) is 3.33. The summed E-state index contributed by atoms with van der Waals surface area (Å²) in [5.74, 6) is -0.0745. The standard InChI is InChI=1S/C23H31NO3/c1-17-5-3-6-18(15-17)22-8-11-23(12-9-22,13-10-22)20(25)16-27-21(26)19-7-4-14-24(19)2/h3,5-6,15,19H,4,7-14,16H2,1-2H3/t19-,22?,23?/m0/s1. The summed E-state index contributed by atoms with van der Waals surface area (Å²) in [4.78, 5) is 27.3. The third-order valence-electron chi connectivity index (χ3n) is 7.61. The van der Waals surface area contributed by atoms with Crippen molar-refractivity contribution >= 4 is 11.8 Å². The number of Topliss-reactive ketones (excluding diaryl/α,β-unsaturated/α-hetero) is 1. The number of hydrogen-bond donors (Lipinski definition) is 0. The van der Waals surface area contributed by atoms with Gasteiger partial charge in [-0.15, -0.1) is 0 Å². The summed E-state index contributed by atoms with van der Waals surface area (Å²) in [6.07, 6.45) is 7.87. The molecule has 27 heavy (non-hydrogen) atoms. The quantitative estimate of drug-likeness (QED) is 0.741. The minimum absolute atomic E-state index is 0.0411. The first-order valence-corrected chi connectivity index (χ1v) is 10.4. The molecule has 4 aliphatic rings. The van der Waals surface area contributed by atoms with Gasteiger partial charge in [0, 0.05) is 5.41 Å². The molecule has 146 valence electrons. The van der Waals surface area contributed by atoms with Crippen molar-refractivity contribution in [2.45, 2.75) is 69.7 Å². The van der Waals surface area contributed by atoms with E-state index >= 15 is 0 Å². The molecule has 0 radical (unpaired) electrons. The van der Waals surface area contributed by atoms with Gasteiger partial charge in [-0.1, -0.05) is 29.8 Å². The molecule has 3 aliphatic carbocycles. The van der Waals surface area contributed by atoms with Crippen LogP contribution in [0.1, 0.15) is 62.5 Å². The Hall–Kier alpha value is -1.68. The van der Waals surface area contributed by atoms with Gasteiger partial charge in [0.05, 0.1) is 0 Å². The molecule has 0 unspecified atom stereocenters. The van der Waals surface area contributed by atoms with E-state index in [2.05, 4.69) is 31.2 Å². The number of nitrogens with zero attached hydrogens (tertiary/aromatic N) is 1. The lowest BCUT2D eigenvalue weighted by Gasteiger charge is -2.53. The lowest BCUT2D eigenvalue weighted by atomic mass is 9.51. The maximum Gasteiger partial charge on any atom is 0.323 e. The molecule has 0 amide bonds. The molecule has 0 N–H and O–H groups in total. The van der Waals surface area contributed by atoms with Crippen LogP contribution in [0.2, 0.25) is 0 Å². The van der Waals surface area contributed by atoms with Gasteiger partial charge in [0.25, 0.3) is 0 Å². The largest absolute Gasteiger partial charge is 0.456 e. The van der Waals surface area contributed by atoms with Gasteiger partial charge in [-0.3, -0.25) is 14.5 Å². The molecular weight excluding hydrogens is 338 g/mol. The zero-order chi connectivity index (χ0) is 19.1. The number of benzene rings is 1. The van der Waals surface area contributed by atoms with Crippen molar-refractivity contribution in [1.82, 2.24) is 4.90 Å². The highest BCUT2D eigenvalue weighted by Crippen LogP contribution is 2.58. The second-order valence-corrected chi connectivity index (χ2v) is 9.10. The Morgan fingerprint density at radius 1 is 1.15 bits per heavy atom. The minimum atomic E-state index is -0.257. The Kier molecular flexibility index (Phi) is 4.87. The molecule has 5 rings (SSSR count). The number of hydrogen-bond acceptors (Lipinski definition) is 4. The van der Waals surface area contributed by atoms with Gasteiger partial charge in [-0.05, 0) is 82.9 Å². The summed E-state index contributed by atoms with van der Waals surface area (Å²) in [7, 11) is 1.95. The third-order valence-corrected chi connectivity index (χ3v) is 7.61. The minimum Gasteiger partial charge on any atom is -0.456 e. The molecule has 2 bridgehead atoms. The Morgan fingerprint density at radius 2 is 1.85 bits per heavy atom. The van der Waals surface area contributed by atoms with Gasteiger partial charge in [0.2, 0.25) is 0 Å². The summed E-state index contributed by atoms with van der Waals surface area (Å²) in [6.45, 7) is 3.04. The van der Waals surface area contributed by atoms with Gasteiger partial charge in [-0.2, -0.15) is 0 Å². The van der Waals surface area contributed by atoms with Crippen molar-refractivity contribution in [3.05, 3.63) is 35.4 Å². The second kappa shape index (κ2) is 7.05. The Balaban J connectivity index is 1.37. The van der Waals surface area contributed by atoms with E-state index in [1.165, 1.54) is 11.1 Å². The number of likely N-dealkylation sites (N-methyl/N-ethyl adjacent to an activating group) is 1. The first-order valence-electron chi connectivity index (χ1n) is 10.4. The number of rotatable bonds is 5. The predicted molar refractivity (Wildman–Crippen MR) is 105 cm³/mol. The van der Waals surface area contributed by atoms with E-state index in [0.29, 0.717) is 0 Å². The van der Waals surface area contributed by atoms with E-state index in [0.717, 1.165) is 57.9 Å². The summed E-state index contributed by atoms with van der Waals surface area (Å²) in [5.41, 5.74) is 2.74. The fraction of sp³-hybridized carbons (Fsp3) is 0.652. The van der Waals surface area contributed by atoms with Crippen LogP contribution in [0.25, 0.3) is 0 Å². The summed E-state index contributed by atoms with van der Waals surface area (Å²) >= 11 is 0. The van der Waals surface area contributed by atoms with Gasteiger partial charge >= 0.3 is 5.97 Å². The maximum atomic E-state index is 13.0. The number of fused-ring (bicyclic) bond motifs is 3. The number of ketones is 1. The molecule has 1 atom stereocenters. The van der Waals surface area contributed by atoms with E-state index in [-0.39, 0.29) is 35.2 Å². The van der Waals surface area contributed by atoms with Crippen LogP contribution >= 0.6 is 0 Å². The number of likely N-dealkylation sites (tertiary alicyclic amines) is 1. The number of carbonyl (C=O) groups is 2. The zero-order valence-electron chi connectivity index (χ0n) is 16.6. The maximum absolute atomic E-state index is 13.0. The molecule has 0 aromatic heterocycles. The average molecular weight is 370 g/mol. The molecular formula is C23H31NO3. The molecule has 4 fully saturated rings. The highest BCUT2D eigenvalue weighted by molar-refractivity contribution is 5.88. The van der Waals surface area contributed by atoms with Gasteiger partial charge < -0.3 is 4.74 Å². The van der Waals surface area contributed by atoms with E-state index < -0.39 is 0 Å². The first-order chi connectivity index (χ1) is 12.9. The lowest BCUT2D eigenvalue weighted by Crippen LogP contribution is -2.49. The van der Waals surface area contributed by atoms with Crippen LogP contribution in [0.4, 0.5) is 0 Å². The molecule has 1 heterocycles. The fourth-order valence-electron chi connectivity index (χ4n) is 5.61. The Bertz CT molecular complexity index is 716. The molecule has 4 heteroatoms. The SMILES string of the molecule is Cc1cccc(C23CCC(C(=O)COC(=O)[C@@H]4CCCN4C)(CC2)CC3)c1. The Labute approximate surface area is 162 Å². The summed E-state index contributed by atoms with van der Waals surface area (Å²) < 4.78 is 5.45. The predicted octanol–water partition coefficient (Wildman–Crippen LogP) is 3.79. The molecule has 1 aliphatic heterocycles. The van der Waals surface area contributed by atoms with Crippen LogP contribution in [0.3, 0.4) is 0 Å². The highest BCUT2D eigenvalue weighted by atomic mass is 16.5. The van der Waals surface area contributed by atoms with Gasteiger partial charge in [0.1, 0.15) is 6.04 Å². The van der Waals surface area contributed by atoms with Gasteiger partial charge in [0.15, 0.2) is 12.4 Å². The molecule has 0 spiro atoms. The normalized spacial score (nSPS) is 33.2. The average Bonchev–Trinajstić information content (AvgIpc) is 3.13. The van der Waals surface area contributed by atoms with Crippen LogP contribution < -0.4 is 0 Å². The van der Waals surface area contributed by atoms with E-state index in [4.69, 9.17) is 4.74 Å². The van der Waals surface area contributed by atoms with Crippen LogP contribution in [-0.2, 0) is 19.7 Å². The van der Waals surface area contributed by atoms with E-state index in [1.54, 1.807) is 0 Å². The number of carbonyl (C=O) groups excluding carboxylic acids is 2. The molecule has 1 saturated heterocycles. The summed E-state index contributed by atoms with van der Waals surface area (Å²) in [6, 6.07) is 8.71. The van der Waals surface area contributed by atoms with Crippen molar-refractivity contribution in [2.75, 3.05) is 20.2 Å². The van der Waals surface area contributed by atoms with Crippen molar-refractivity contribution in [2.24, 2.45) is 5.41 Å². The van der Waals surface area contributed by atoms with Crippen molar-refractivity contribution in [3.63, 3.8) is 0 Å². The van der Waals surface area contributed by atoms with Crippen molar-refractivity contribution in [1.29, 1.82) is 0 Å². The topological polar surface area (TPSA) is 46.6 Å². The smallest absolute Gasteiger partial charge is 0.323 e. The van der Waals surface area contributed by atoms with Crippen LogP contribution in [0, 0.1) is 12.3 Å². The number of ether oxygens (including phenoxy) is 1. The Morgan fingerprint density at radius 3 is 2.44 bits per heavy atom. The lowest BCUT2D eigenvalue weighted by molar-refractivity contribution is -0.156. The van der Waals surface area contributed by atoms with E-state index in [9.17, 15) is 9.59 Å². The molecule has 1 aromatic rings. The first kappa shape index (κ1) is 18.7. The summed E-state index contributed by atoms with van der Waals surface area (Å²) in [5, 5.41) is 0. The van der Waals surface area contributed by atoms with Crippen LogP contribution in [-0.4, -0.2) is 42.9 Å². The number of aryl methyl sites for hydroxylation is 1. The molecule has 4 nitrogen and oxygen atoms in total. The fourth-order valence-corrected chi connectivity index (χ4v) is 5.61. The monoisotopic (exact) mass is 369 g/mol. The van der Waals surface area contributed by atoms with Crippen LogP contribution in [0.5, 0.6) is 0 Å². The van der Waals surface area contributed by atoms with Crippen LogP contribution in [0.15, 0.2) is 24.3 Å². The van der Waals surface area contributed by atoms with Crippen molar-refractivity contribution in [3.8, 4) is 0 Å². The van der Waals surface area contributed by atoms with Gasteiger partial charge in [-0.25, -0.2) is 0 Å². The number of esters is 1. The van der Waals surface area contributed by atoms with E-state index in [1.807, 2.05) is 11.9 Å². The molecule has 3 saturated carbocycles. The zero-order valence-corrected chi connectivity index (χ0v) is 16.6. The molecule has 1 aromatic carbocycles. The van der Waals surface area contributed by atoms with Crippen molar-refractivity contribution < 1.29 is 14.3 Å². The second-order valence-electron chi connectivity index (χ2n) is 9.10.